The van der Waals surface area contributed by atoms with Crippen LogP contribution < -0.4 is 4.43 Å². The summed E-state index contributed by atoms with van der Waals surface area (Å²) in [6.45, 7) is 8.86. The molecular formula is C13H19OSi. The number of hydrogen-bond acceptors (Lipinski definition) is 1. The van der Waals surface area contributed by atoms with Crippen LogP contribution >= 0.6 is 0 Å². The lowest BCUT2D eigenvalue weighted by molar-refractivity contribution is 0.602. The Bertz CT molecular complexity index is 332. The van der Waals surface area contributed by atoms with Gasteiger partial charge in [-0.05, 0) is 41.5 Å². The molecule has 81 valence electrons. The average Bonchev–Trinajstić information content (AvgIpc) is 2.26. The van der Waals surface area contributed by atoms with Crippen molar-refractivity contribution in [1.29, 1.82) is 0 Å². The van der Waals surface area contributed by atoms with Gasteiger partial charge in [0, 0.05) is 0 Å². The lowest BCUT2D eigenvalue weighted by Crippen LogP contribution is -2.03. The van der Waals surface area contributed by atoms with Gasteiger partial charge in [0.2, 0.25) is 0 Å². The van der Waals surface area contributed by atoms with Crippen molar-refractivity contribution in [3.8, 4) is 5.75 Å². The molecule has 0 fully saturated rings. The minimum Gasteiger partial charge on any atom is -0.540 e. The first-order valence-electron chi connectivity index (χ1n) is 5.63. The minimum atomic E-state index is 0.578. The standard InChI is InChI=1S/C13H19OSi/c1-5-10-11(6-2)13(14-15)8-7-12(10)9(3)4/h7-9H,5-6H2,1-4H3. The number of benzene rings is 1. The van der Waals surface area contributed by atoms with E-state index in [0.29, 0.717) is 5.92 Å². The summed E-state index contributed by atoms with van der Waals surface area (Å²) in [7, 11) is 3.12. The molecular weight excluding hydrogens is 200 g/mol. The molecule has 1 aromatic carbocycles. The second-order valence-corrected chi connectivity index (χ2v) is 4.28. The Morgan fingerprint density at radius 2 is 1.73 bits per heavy atom. The summed E-state index contributed by atoms with van der Waals surface area (Å²) < 4.78 is 5.22. The maximum Gasteiger partial charge on any atom is 0.341 e. The fraction of sp³-hybridized carbons (Fsp3) is 0.538. The zero-order valence-corrected chi connectivity index (χ0v) is 11.1. The first-order valence-corrected chi connectivity index (χ1v) is 6.04. The Balaban J connectivity index is 3.34. The Hall–Kier alpha value is -0.763. The molecule has 0 atom stereocenters. The molecule has 1 nitrogen and oxygen atoms in total. The van der Waals surface area contributed by atoms with E-state index in [4.69, 9.17) is 4.43 Å². The normalized spacial score (nSPS) is 10.8. The summed E-state index contributed by atoms with van der Waals surface area (Å²) in [4.78, 5) is 0. The predicted octanol–water partition coefficient (Wildman–Crippen LogP) is 3.40. The molecule has 0 aliphatic carbocycles. The van der Waals surface area contributed by atoms with Crippen molar-refractivity contribution in [2.75, 3.05) is 0 Å². The molecule has 1 aromatic rings. The third kappa shape index (κ3) is 2.43. The van der Waals surface area contributed by atoms with E-state index < -0.39 is 0 Å². The number of rotatable bonds is 4. The highest BCUT2D eigenvalue weighted by Gasteiger charge is 2.12. The highest BCUT2D eigenvalue weighted by Crippen LogP contribution is 2.30. The summed E-state index contributed by atoms with van der Waals surface area (Å²) in [5.74, 6) is 1.53. The van der Waals surface area contributed by atoms with Crippen molar-refractivity contribution >= 4 is 10.5 Å². The van der Waals surface area contributed by atoms with Gasteiger partial charge in [0.15, 0.2) is 0 Å². The molecule has 0 aliphatic rings. The van der Waals surface area contributed by atoms with Gasteiger partial charge in [0.05, 0.1) is 0 Å². The zero-order valence-electron chi connectivity index (χ0n) is 10.1. The van der Waals surface area contributed by atoms with Gasteiger partial charge < -0.3 is 4.43 Å². The topological polar surface area (TPSA) is 9.23 Å². The van der Waals surface area contributed by atoms with E-state index in [0.717, 1.165) is 18.6 Å². The molecule has 0 aromatic heterocycles. The quantitative estimate of drug-likeness (QED) is 0.705. The van der Waals surface area contributed by atoms with Gasteiger partial charge >= 0.3 is 10.5 Å². The largest absolute Gasteiger partial charge is 0.540 e. The average molecular weight is 219 g/mol. The third-order valence-electron chi connectivity index (χ3n) is 2.86. The van der Waals surface area contributed by atoms with E-state index in [-0.39, 0.29) is 0 Å². The third-order valence-corrected chi connectivity index (χ3v) is 3.08. The Morgan fingerprint density at radius 3 is 2.13 bits per heavy atom. The Kier molecular flexibility index (Phi) is 4.39. The van der Waals surface area contributed by atoms with E-state index in [1.165, 1.54) is 16.7 Å². The fourth-order valence-electron chi connectivity index (χ4n) is 2.13. The molecule has 0 saturated carbocycles. The lowest BCUT2D eigenvalue weighted by Gasteiger charge is -2.18. The molecule has 3 radical (unpaired) electrons. The Morgan fingerprint density at radius 1 is 1.13 bits per heavy atom. The monoisotopic (exact) mass is 219 g/mol. The summed E-state index contributed by atoms with van der Waals surface area (Å²) in [5.41, 5.74) is 4.23. The smallest absolute Gasteiger partial charge is 0.341 e. The number of hydrogen-bond donors (Lipinski definition) is 0. The Labute approximate surface area is 96.4 Å². The van der Waals surface area contributed by atoms with E-state index in [2.05, 4.69) is 50.3 Å². The van der Waals surface area contributed by atoms with E-state index in [1.807, 2.05) is 0 Å². The first kappa shape index (κ1) is 12.3. The van der Waals surface area contributed by atoms with Crippen molar-refractivity contribution in [3.05, 3.63) is 28.8 Å². The van der Waals surface area contributed by atoms with Crippen LogP contribution in [0.3, 0.4) is 0 Å². The van der Waals surface area contributed by atoms with E-state index in [1.54, 1.807) is 0 Å². The van der Waals surface area contributed by atoms with Crippen LogP contribution in [-0.4, -0.2) is 10.5 Å². The maximum atomic E-state index is 5.22. The predicted molar refractivity (Wildman–Crippen MR) is 65.7 cm³/mol. The van der Waals surface area contributed by atoms with Gasteiger partial charge in [-0.3, -0.25) is 0 Å². The van der Waals surface area contributed by atoms with Crippen LogP contribution in [-0.2, 0) is 12.8 Å². The van der Waals surface area contributed by atoms with Crippen LogP contribution in [0.1, 0.15) is 50.3 Å². The van der Waals surface area contributed by atoms with Crippen LogP contribution in [0.4, 0.5) is 0 Å². The molecule has 0 aliphatic heterocycles. The first-order chi connectivity index (χ1) is 7.15. The van der Waals surface area contributed by atoms with Crippen LogP contribution in [0.15, 0.2) is 12.1 Å². The van der Waals surface area contributed by atoms with Gasteiger partial charge in [-0.2, -0.15) is 0 Å². The fourth-order valence-corrected chi connectivity index (χ4v) is 2.32. The molecule has 15 heavy (non-hydrogen) atoms. The van der Waals surface area contributed by atoms with Gasteiger partial charge in [0.1, 0.15) is 5.75 Å². The van der Waals surface area contributed by atoms with E-state index in [9.17, 15) is 0 Å². The van der Waals surface area contributed by atoms with Crippen LogP contribution in [0.25, 0.3) is 0 Å². The van der Waals surface area contributed by atoms with Crippen LogP contribution in [0, 0.1) is 0 Å². The molecule has 0 amide bonds. The SMILES string of the molecule is CCc1c(O[Si])ccc(C(C)C)c1CC. The zero-order chi connectivity index (χ0) is 11.4. The van der Waals surface area contributed by atoms with Crippen molar-refractivity contribution in [3.63, 3.8) is 0 Å². The van der Waals surface area contributed by atoms with E-state index >= 15 is 0 Å². The molecule has 0 saturated heterocycles. The maximum absolute atomic E-state index is 5.22. The molecule has 1 rings (SSSR count). The molecule has 0 heterocycles. The summed E-state index contributed by atoms with van der Waals surface area (Å²) in [5, 5.41) is 0. The summed E-state index contributed by atoms with van der Waals surface area (Å²) in [6, 6.07) is 4.23. The highest BCUT2D eigenvalue weighted by atomic mass is 28.2. The molecule has 0 spiro atoms. The van der Waals surface area contributed by atoms with Crippen molar-refractivity contribution in [2.45, 2.75) is 46.5 Å². The molecule has 2 heteroatoms. The van der Waals surface area contributed by atoms with Gasteiger partial charge in [-0.1, -0.05) is 33.8 Å². The molecule has 0 bridgehead atoms. The lowest BCUT2D eigenvalue weighted by atomic mass is 9.90. The van der Waals surface area contributed by atoms with Crippen molar-refractivity contribution in [2.24, 2.45) is 0 Å². The second-order valence-electron chi connectivity index (χ2n) is 4.07. The van der Waals surface area contributed by atoms with Gasteiger partial charge in [-0.15, -0.1) is 0 Å². The van der Waals surface area contributed by atoms with Crippen LogP contribution in [0.2, 0.25) is 0 Å². The van der Waals surface area contributed by atoms with Crippen molar-refractivity contribution < 1.29 is 4.43 Å². The van der Waals surface area contributed by atoms with Gasteiger partial charge in [-0.25, -0.2) is 0 Å². The molecule has 0 unspecified atom stereocenters. The summed E-state index contributed by atoms with van der Waals surface area (Å²) >= 11 is 0. The summed E-state index contributed by atoms with van der Waals surface area (Å²) in [6.07, 6.45) is 2.09. The van der Waals surface area contributed by atoms with Crippen molar-refractivity contribution in [1.82, 2.24) is 0 Å². The minimum absolute atomic E-state index is 0.578. The second kappa shape index (κ2) is 5.36. The molecule has 0 N–H and O–H groups in total. The van der Waals surface area contributed by atoms with Gasteiger partial charge in [0.25, 0.3) is 0 Å². The van der Waals surface area contributed by atoms with Crippen LogP contribution in [0.5, 0.6) is 5.75 Å². The highest BCUT2D eigenvalue weighted by molar-refractivity contribution is 6.00.